The fraction of sp³-hybridized carbons (Fsp3) is 0.500. The van der Waals surface area contributed by atoms with Crippen molar-refractivity contribution in [3.05, 3.63) is 29.2 Å². The quantitative estimate of drug-likeness (QED) is 0.887. The molecule has 2 aromatic heterocycles. The van der Waals surface area contributed by atoms with Gasteiger partial charge in [0.15, 0.2) is 5.65 Å². The van der Waals surface area contributed by atoms with Gasteiger partial charge >= 0.3 is 0 Å². The van der Waals surface area contributed by atoms with Crippen LogP contribution in [0, 0.1) is 0 Å². The molecule has 0 aliphatic carbocycles. The molecule has 4 nitrogen and oxygen atoms in total. The summed E-state index contributed by atoms with van der Waals surface area (Å²) in [6, 6.07) is 4.24. The van der Waals surface area contributed by atoms with Crippen LogP contribution in [0.4, 0.5) is 0 Å². The first-order chi connectivity index (χ1) is 8.33. The number of pyridine rings is 1. The second-order valence-electron chi connectivity index (χ2n) is 4.54. The average Bonchev–Trinajstić information content (AvgIpc) is 2.73. The lowest BCUT2D eigenvalue weighted by Crippen LogP contribution is -2.36. The van der Waals surface area contributed by atoms with E-state index in [-0.39, 0.29) is 0 Å². The van der Waals surface area contributed by atoms with Gasteiger partial charge < -0.3 is 5.32 Å². The van der Waals surface area contributed by atoms with Gasteiger partial charge in [-0.1, -0.05) is 18.0 Å². The summed E-state index contributed by atoms with van der Waals surface area (Å²) >= 11 is 5.93. The maximum Gasteiger partial charge on any atom is 0.162 e. The third-order valence-corrected chi connectivity index (χ3v) is 3.52. The highest BCUT2D eigenvalue weighted by atomic mass is 35.5. The fourth-order valence-electron chi connectivity index (χ4n) is 2.37. The minimum Gasteiger partial charge on any atom is -0.314 e. The van der Waals surface area contributed by atoms with E-state index in [1.807, 2.05) is 22.7 Å². The highest BCUT2D eigenvalue weighted by Gasteiger charge is 2.16. The third kappa shape index (κ3) is 2.28. The van der Waals surface area contributed by atoms with Crippen LogP contribution in [0.2, 0.25) is 5.02 Å². The van der Waals surface area contributed by atoms with Gasteiger partial charge in [0.1, 0.15) is 5.82 Å². The molecule has 0 spiro atoms. The van der Waals surface area contributed by atoms with Gasteiger partial charge in [0.2, 0.25) is 0 Å². The summed E-state index contributed by atoms with van der Waals surface area (Å²) < 4.78 is 2.02. The van der Waals surface area contributed by atoms with Crippen molar-refractivity contribution in [1.82, 2.24) is 19.9 Å². The normalized spacial score (nSPS) is 20.9. The van der Waals surface area contributed by atoms with Crippen LogP contribution in [0.25, 0.3) is 5.65 Å². The Bertz CT molecular complexity index is 516. The van der Waals surface area contributed by atoms with Crippen LogP contribution in [-0.2, 0) is 6.42 Å². The van der Waals surface area contributed by atoms with E-state index in [0.717, 1.165) is 24.4 Å². The van der Waals surface area contributed by atoms with Gasteiger partial charge in [-0.2, -0.15) is 0 Å². The van der Waals surface area contributed by atoms with Crippen LogP contribution in [-0.4, -0.2) is 27.2 Å². The van der Waals surface area contributed by atoms with Crippen LogP contribution in [0.15, 0.2) is 18.3 Å². The molecule has 3 heterocycles. The minimum atomic E-state index is 0.534. The van der Waals surface area contributed by atoms with Gasteiger partial charge in [0.25, 0.3) is 0 Å². The number of nitrogens with one attached hydrogen (secondary N) is 1. The van der Waals surface area contributed by atoms with Gasteiger partial charge in [-0.15, -0.1) is 10.2 Å². The monoisotopic (exact) mass is 250 g/mol. The van der Waals surface area contributed by atoms with Crippen LogP contribution >= 0.6 is 11.6 Å². The number of fused-ring (bicyclic) bond motifs is 1. The molecule has 0 saturated carbocycles. The van der Waals surface area contributed by atoms with E-state index in [2.05, 4.69) is 15.5 Å². The molecule has 17 heavy (non-hydrogen) atoms. The maximum atomic E-state index is 5.93. The van der Waals surface area contributed by atoms with E-state index in [1.165, 1.54) is 19.3 Å². The Morgan fingerprint density at radius 1 is 1.41 bits per heavy atom. The van der Waals surface area contributed by atoms with Crippen molar-refractivity contribution in [2.24, 2.45) is 0 Å². The largest absolute Gasteiger partial charge is 0.314 e. The molecular weight excluding hydrogens is 236 g/mol. The molecule has 1 aliphatic heterocycles. The molecule has 1 saturated heterocycles. The number of aromatic nitrogens is 3. The first-order valence-corrected chi connectivity index (χ1v) is 6.43. The van der Waals surface area contributed by atoms with Crippen molar-refractivity contribution < 1.29 is 0 Å². The molecule has 0 amide bonds. The Morgan fingerprint density at radius 3 is 3.18 bits per heavy atom. The summed E-state index contributed by atoms with van der Waals surface area (Å²) in [6.07, 6.45) is 6.69. The van der Waals surface area contributed by atoms with Crippen LogP contribution in [0.3, 0.4) is 0 Å². The van der Waals surface area contributed by atoms with Gasteiger partial charge in [0.05, 0.1) is 0 Å². The zero-order chi connectivity index (χ0) is 11.7. The highest BCUT2D eigenvalue weighted by molar-refractivity contribution is 6.30. The van der Waals surface area contributed by atoms with Crippen molar-refractivity contribution in [1.29, 1.82) is 0 Å². The number of halogens is 1. The number of piperidine rings is 1. The van der Waals surface area contributed by atoms with E-state index in [4.69, 9.17) is 11.6 Å². The predicted molar refractivity (Wildman–Crippen MR) is 67.3 cm³/mol. The van der Waals surface area contributed by atoms with Crippen molar-refractivity contribution in [2.45, 2.75) is 31.7 Å². The second-order valence-corrected chi connectivity index (χ2v) is 4.98. The Labute approximate surface area is 105 Å². The number of nitrogens with zero attached hydrogens (tertiary/aromatic N) is 3. The van der Waals surface area contributed by atoms with Crippen molar-refractivity contribution in [2.75, 3.05) is 6.54 Å². The zero-order valence-electron chi connectivity index (χ0n) is 9.56. The Morgan fingerprint density at radius 2 is 2.35 bits per heavy atom. The summed E-state index contributed by atoms with van der Waals surface area (Å²) in [5, 5.41) is 12.6. The molecule has 1 unspecified atom stereocenters. The van der Waals surface area contributed by atoms with Gasteiger partial charge in [-0.05, 0) is 25.5 Å². The fourth-order valence-corrected chi connectivity index (χ4v) is 2.53. The van der Waals surface area contributed by atoms with Crippen LogP contribution in [0.1, 0.15) is 25.1 Å². The molecule has 1 fully saturated rings. The smallest absolute Gasteiger partial charge is 0.162 e. The predicted octanol–water partition coefficient (Wildman–Crippen LogP) is 2.07. The topological polar surface area (TPSA) is 42.2 Å². The van der Waals surface area contributed by atoms with Crippen molar-refractivity contribution >= 4 is 17.2 Å². The van der Waals surface area contributed by atoms with Gasteiger partial charge in [-0.25, -0.2) is 0 Å². The van der Waals surface area contributed by atoms with Crippen LogP contribution < -0.4 is 5.32 Å². The van der Waals surface area contributed by atoms with E-state index in [1.54, 1.807) is 0 Å². The van der Waals surface area contributed by atoms with Gasteiger partial charge in [-0.3, -0.25) is 4.40 Å². The summed E-state index contributed by atoms with van der Waals surface area (Å²) in [5.74, 6) is 1.01. The number of hydrogen-bond acceptors (Lipinski definition) is 3. The lowest BCUT2D eigenvalue weighted by atomic mass is 10.0. The molecule has 2 aromatic rings. The Kier molecular flexibility index (Phi) is 2.99. The number of rotatable bonds is 2. The molecule has 0 radical (unpaired) electrons. The maximum absolute atomic E-state index is 5.93. The number of hydrogen-bond donors (Lipinski definition) is 1. The highest BCUT2D eigenvalue weighted by Crippen LogP contribution is 2.15. The van der Waals surface area contributed by atoms with Crippen molar-refractivity contribution in [3.8, 4) is 0 Å². The minimum absolute atomic E-state index is 0.534. The van der Waals surface area contributed by atoms with Crippen LogP contribution in [0.5, 0.6) is 0 Å². The Hall–Kier alpha value is -1.13. The SMILES string of the molecule is Clc1ccn2c(CC3CCCCN3)nnc2c1. The molecular formula is C12H15ClN4. The summed E-state index contributed by atoms with van der Waals surface area (Å²) in [5.41, 5.74) is 0.823. The summed E-state index contributed by atoms with van der Waals surface area (Å²) in [7, 11) is 0. The van der Waals surface area contributed by atoms with Gasteiger partial charge in [0, 0.05) is 29.7 Å². The molecule has 1 aliphatic rings. The second kappa shape index (κ2) is 4.63. The molecule has 1 N–H and O–H groups in total. The standard InChI is InChI=1S/C12H15ClN4/c13-9-4-6-17-11(7-9)15-16-12(17)8-10-3-1-2-5-14-10/h4,6-7,10,14H,1-3,5,8H2. The van der Waals surface area contributed by atoms with E-state index in [9.17, 15) is 0 Å². The van der Waals surface area contributed by atoms with E-state index < -0.39 is 0 Å². The molecule has 3 rings (SSSR count). The third-order valence-electron chi connectivity index (χ3n) is 3.28. The van der Waals surface area contributed by atoms with Crippen molar-refractivity contribution in [3.63, 3.8) is 0 Å². The summed E-state index contributed by atoms with van der Waals surface area (Å²) in [6.45, 7) is 1.12. The lowest BCUT2D eigenvalue weighted by molar-refractivity contribution is 0.393. The Balaban J connectivity index is 1.84. The van der Waals surface area contributed by atoms with E-state index in [0.29, 0.717) is 11.1 Å². The molecule has 0 aromatic carbocycles. The molecule has 0 bridgehead atoms. The first kappa shape index (κ1) is 11.0. The first-order valence-electron chi connectivity index (χ1n) is 6.05. The molecule has 1 atom stereocenters. The summed E-state index contributed by atoms with van der Waals surface area (Å²) in [4.78, 5) is 0. The molecule has 90 valence electrons. The average molecular weight is 251 g/mol. The molecule has 5 heteroatoms. The lowest BCUT2D eigenvalue weighted by Gasteiger charge is -2.22. The zero-order valence-corrected chi connectivity index (χ0v) is 10.3. The van der Waals surface area contributed by atoms with E-state index >= 15 is 0 Å².